The number of thiophene rings is 1. The molecule has 1 saturated carbocycles. The van der Waals surface area contributed by atoms with Crippen molar-refractivity contribution in [2.24, 2.45) is 5.92 Å². The van der Waals surface area contributed by atoms with Crippen LogP contribution in [0.3, 0.4) is 0 Å². The molecular formula is C12H12F3N3OS. The highest BCUT2D eigenvalue weighted by atomic mass is 32.1. The maximum absolute atomic E-state index is 12.4. The molecule has 0 atom stereocenters. The van der Waals surface area contributed by atoms with Crippen LogP contribution in [0.1, 0.15) is 28.1 Å². The Morgan fingerprint density at radius 3 is 2.60 bits per heavy atom. The third-order valence-electron chi connectivity index (χ3n) is 2.97. The first kappa shape index (κ1) is 14.7. The molecule has 0 saturated heterocycles. The lowest BCUT2D eigenvalue weighted by atomic mass is 10.1. The minimum absolute atomic E-state index is 0.00146. The molecule has 1 fully saturated rings. The van der Waals surface area contributed by atoms with E-state index in [9.17, 15) is 18.0 Å². The number of nitriles is 1. The summed E-state index contributed by atoms with van der Waals surface area (Å²) < 4.78 is 37.2. The van der Waals surface area contributed by atoms with Crippen molar-refractivity contribution in [3.63, 3.8) is 0 Å². The summed E-state index contributed by atoms with van der Waals surface area (Å²) in [5, 5.41) is 9.14. The van der Waals surface area contributed by atoms with Crippen molar-refractivity contribution >= 4 is 27.8 Å². The van der Waals surface area contributed by atoms with Gasteiger partial charge in [-0.1, -0.05) is 0 Å². The average molecular weight is 303 g/mol. The third-order valence-corrected chi connectivity index (χ3v) is 4.31. The van der Waals surface area contributed by atoms with Gasteiger partial charge in [0.15, 0.2) is 5.78 Å². The summed E-state index contributed by atoms with van der Waals surface area (Å²) in [4.78, 5) is 13.1. The Hall–Kier alpha value is -1.75. The molecule has 2 N–H and O–H groups in total. The zero-order valence-corrected chi connectivity index (χ0v) is 11.4. The van der Waals surface area contributed by atoms with Crippen molar-refractivity contribution in [2.45, 2.75) is 19.0 Å². The molecule has 108 valence electrons. The van der Waals surface area contributed by atoms with Crippen LogP contribution in [-0.4, -0.2) is 25.6 Å². The number of Topliss-reactive ketones (excluding diaryl/α,β-unsaturated/α-hetero) is 1. The van der Waals surface area contributed by atoms with Gasteiger partial charge in [-0.2, -0.15) is 18.4 Å². The number of halogens is 3. The fourth-order valence-corrected chi connectivity index (χ4v) is 3.01. The van der Waals surface area contributed by atoms with Crippen molar-refractivity contribution in [1.82, 2.24) is 0 Å². The lowest BCUT2D eigenvalue weighted by Gasteiger charge is -2.19. The second kappa shape index (κ2) is 4.98. The summed E-state index contributed by atoms with van der Waals surface area (Å²) in [5.41, 5.74) is 5.69. The normalized spacial score (nSPS) is 14.9. The number of rotatable bonds is 4. The number of anilines is 2. The van der Waals surface area contributed by atoms with Crippen LogP contribution in [0.4, 0.5) is 23.9 Å². The molecule has 0 aliphatic heterocycles. The molecule has 20 heavy (non-hydrogen) atoms. The number of carbonyl (C=O) groups is 1. The first-order valence-corrected chi connectivity index (χ1v) is 6.70. The predicted molar refractivity (Wildman–Crippen MR) is 69.8 cm³/mol. The summed E-state index contributed by atoms with van der Waals surface area (Å²) in [7, 11) is 1.23. The van der Waals surface area contributed by atoms with Crippen molar-refractivity contribution in [1.29, 1.82) is 5.26 Å². The Balaban J connectivity index is 2.36. The Kier molecular flexibility index (Phi) is 3.65. The van der Waals surface area contributed by atoms with E-state index in [-0.39, 0.29) is 32.8 Å². The zero-order chi connectivity index (χ0) is 15.1. The Bertz CT molecular complexity index is 584. The molecule has 1 aliphatic rings. The molecule has 8 heteroatoms. The van der Waals surface area contributed by atoms with Crippen LogP contribution in [0.2, 0.25) is 0 Å². The van der Waals surface area contributed by atoms with E-state index in [1.54, 1.807) is 6.07 Å². The number of alkyl halides is 3. The maximum atomic E-state index is 12.4. The van der Waals surface area contributed by atoms with Gasteiger partial charge in [0.2, 0.25) is 0 Å². The van der Waals surface area contributed by atoms with Crippen LogP contribution in [0, 0.1) is 17.2 Å². The van der Waals surface area contributed by atoms with E-state index in [1.807, 2.05) is 0 Å². The monoisotopic (exact) mass is 303 g/mol. The van der Waals surface area contributed by atoms with Crippen molar-refractivity contribution in [3.05, 3.63) is 10.4 Å². The van der Waals surface area contributed by atoms with Gasteiger partial charge in [0.25, 0.3) is 0 Å². The molecule has 4 nitrogen and oxygen atoms in total. The van der Waals surface area contributed by atoms with E-state index in [0.717, 1.165) is 29.1 Å². The van der Waals surface area contributed by atoms with Crippen LogP contribution in [-0.2, 0) is 0 Å². The van der Waals surface area contributed by atoms with E-state index in [2.05, 4.69) is 0 Å². The summed E-state index contributed by atoms with van der Waals surface area (Å²) in [6, 6.07) is 1.79. The second-order valence-corrected chi connectivity index (χ2v) is 5.75. The SMILES string of the molecule is CN(CC(F)(F)F)c1sc(C(=O)C2CC2)c(N)c1C#N. The van der Waals surface area contributed by atoms with Gasteiger partial charge < -0.3 is 10.6 Å². The van der Waals surface area contributed by atoms with Crippen molar-refractivity contribution < 1.29 is 18.0 Å². The van der Waals surface area contributed by atoms with Crippen molar-refractivity contribution in [3.8, 4) is 6.07 Å². The maximum Gasteiger partial charge on any atom is 0.405 e. The number of hydrogen-bond acceptors (Lipinski definition) is 5. The molecule has 0 unspecified atom stereocenters. The largest absolute Gasteiger partial charge is 0.405 e. The second-order valence-electron chi connectivity index (χ2n) is 4.75. The highest BCUT2D eigenvalue weighted by molar-refractivity contribution is 7.19. The molecule has 0 bridgehead atoms. The molecule has 1 aliphatic carbocycles. The van der Waals surface area contributed by atoms with Gasteiger partial charge >= 0.3 is 6.18 Å². The fourth-order valence-electron chi connectivity index (χ4n) is 1.86. The summed E-state index contributed by atoms with van der Waals surface area (Å²) in [6.45, 7) is -1.20. The Morgan fingerprint density at radius 1 is 1.55 bits per heavy atom. The average Bonchev–Trinajstić information content (AvgIpc) is 3.10. The van der Waals surface area contributed by atoms with Crippen LogP contribution in [0.5, 0.6) is 0 Å². The number of ketones is 1. The van der Waals surface area contributed by atoms with Crippen LogP contribution < -0.4 is 10.6 Å². The number of nitrogens with zero attached hydrogens (tertiary/aromatic N) is 2. The van der Waals surface area contributed by atoms with Gasteiger partial charge in [0.05, 0.1) is 10.6 Å². The smallest absolute Gasteiger partial charge is 0.396 e. The van der Waals surface area contributed by atoms with Gasteiger partial charge in [0, 0.05) is 13.0 Å². The lowest BCUT2D eigenvalue weighted by molar-refractivity contribution is -0.119. The van der Waals surface area contributed by atoms with Crippen LogP contribution in [0.25, 0.3) is 0 Å². The molecule has 1 heterocycles. The topological polar surface area (TPSA) is 70.1 Å². The first-order chi connectivity index (χ1) is 9.24. The van der Waals surface area contributed by atoms with E-state index in [4.69, 9.17) is 11.0 Å². The summed E-state index contributed by atoms with van der Waals surface area (Å²) >= 11 is 0.865. The van der Waals surface area contributed by atoms with E-state index in [1.165, 1.54) is 7.05 Å². The van der Waals surface area contributed by atoms with Gasteiger partial charge in [-0.15, -0.1) is 11.3 Å². The number of carbonyl (C=O) groups excluding carboxylic acids is 1. The van der Waals surface area contributed by atoms with E-state index >= 15 is 0 Å². The van der Waals surface area contributed by atoms with Gasteiger partial charge in [-0.05, 0) is 12.8 Å². The first-order valence-electron chi connectivity index (χ1n) is 5.89. The molecule has 0 spiro atoms. The molecule has 0 aromatic carbocycles. The minimum Gasteiger partial charge on any atom is -0.396 e. The van der Waals surface area contributed by atoms with E-state index < -0.39 is 12.7 Å². The van der Waals surface area contributed by atoms with Gasteiger partial charge in [-0.3, -0.25) is 4.79 Å². The zero-order valence-electron chi connectivity index (χ0n) is 10.6. The van der Waals surface area contributed by atoms with Gasteiger partial charge in [0.1, 0.15) is 23.2 Å². The minimum atomic E-state index is -4.39. The standard InChI is InChI=1S/C12H12F3N3OS/c1-18(5-12(13,14)15)11-7(4-16)8(17)10(20-11)9(19)6-2-3-6/h6H,2-3,5,17H2,1H3. The van der Waals surface area contributed by atoms with Crippen LogP contribution >= 0.6 is 11.3 Å². The highest BCUT2D eigenvalue weighted by Gasteiger charge is 2.36. The highest BCUT2D eigenvalue weighted by Crippen LogP contribution is 2.42. The molecule has 0 amide bonds. The Morgan fingerprint density at radius 2 is 2.15 bits per heavy atom. The fraction of sp³-hybridized carbons (Fsp3) is 0.500. The van der Waals surface area contributed by atoms with Gasteiger partial charge in [-0.25, -0.2) is 0 Å². The van der Waals surface area contributed by atoms with E-state index in [0.29, 0.717) is 0 Å². The number of nitrogen functional groups attached to an aromatic ring is 1. The van der Waals surface area contributed by atoms with Crippen molar-refractivity contribution in [2.75, 3.05) is 24.2 Å². The summed E-state index contributed by atoms with van der Waals surface area (Å²) in [6.07, 6.45) is -2.85. The molecule has 0 radical (unpaired) electrons. The summed E-state index contributed by atoms with van der Waals surface area (Å²) in [5.74, 6) is -0.265. The lowest BCUT2D eigenvalue weighted by Crippen LogP contribution is -2.30. The quantitative estimate of drug-likeness (QED) is 0.868. The molecule has 2 rings (SSSR count). The third kappa shape index (κ3) is 2.88. The predicted octanol–water partition coefficient (Wildman–Crippen LogP) is 2.79. The number of nitrogens with two attached hydrogens (primary N) is 1. The number of hydrogen-bond donors (Lipinski definition) is 1. The molecule has 1 aromatic rings. The Labute approximate surface area is 117 Å². The molecular weight excluding hydrogens is 291 g/mol. The van der Waals surface area contributed by atoms with Crippen LogP contribution in [0.15, 0.2) is 0 Å². The molecule has 1 aromatic heterocycles.